The molecule has 0 unspecified atom stereocenters. The number of ether oxygens (including phenoxy) is 1. The quantitative estimate of drug-likeness (QED) is 0.759. The second kappa shape index (κ2) is 5.09. The van der Waals surface area contributed by atoms with Gasteiger partial charge in [-0.3, -0.25) is 4.79 Å². The van der Waals surface area contributed by atoms with Gasteiger partial charge in [0.15, 0.2) is 0 Å². The summed E-state index contributed by atoms with van der Waals surface area (Å²) in [6, 6.07) is 15.1. The standard InChI is InChI=1S/C16H13NO3/c18-15(19)9-11-10-17-13-7-4-8-14(16(11)13)20-12-5-2-1-3-6-12/h1-8,10,17H,9H2,(H,18,19). The summed E-state index contributed by atoms with van der Waals surface area (Å²) in [6.45, 7) is 0. The molecule has 100 valence electrons. The number of aliphatic carboxylic acids is 1. The average Bonchev–Trinajstić information content (AvgIpc) is 2.84. The van der Waals surface area contributed by atoms with Crippen molar-refractivity contribution in [2.24, 2.45) is 0 Å². The molecular formula is C16H13NO3. The van der Waals surface area contributed by atoms with Gasteiger partial charge in [0.1, 0.15) is 11.5 Å². The minimum Gasteiger partial charge on any atom is -0.481 e. The van der Waals surface area contributed by atoms with E-state index in [4.69, 9.17) is 9.84 Å². The van der Waals surface area contributed by atoms with Crippen LogP contribution in [0.15, 0.2) is 54.7 Å². The number of hydrogen-bond acceptors (Lipinski definition) is 2. The Kier molecular flexibility index (Phi) is 3.13. The first-order chi connectivity index (χ1) is 9.74. The van der Waals surface area contributed by atoms with Gasteiger partial charge in [-0.15, -0.1) is 0 Å². The first-order valence-electron chi connectivity index (χ1n) is 6.28. The van der Waals surface area contributed by atoms with Crippen LogP contribution in [0, 0.1) is 0 Å². The first-order valence-corrected chi connectivity index (χ1v) is 6.28. The van der Waals surface area contributed by atoms with Gasteiger partial charge in [-0.05, 0) is 29.8 Å². The minimum atomic E-state index is -0.861. The Morgan fingerprint density at radius 1 is 1.10 bits per heavy atom. The van der Waals surface area contributed by atoms with Crippen LogP contribution < -0.4 is 4.74 Å². The molecule has 0 amide bonds. The maximum atomic E-state index is 10.9. The van der Waals surface area contributed by atoms with Gasteiger partial charge in [0.05, 0.1) is 6.42 Å². The third-order valence-corrected chi connectivity index (χ3v) is 3.06. The van der Waals surface area contributed by atoms with Crippen molar-refractivity contribution >= 4 is 16.9 Å². The van der Waals surface area contributed by atoms with Gasteiger partial charge in [0.2, 0.25) is 0 Å². The van der Waals surface area contributed by atoms with Crippen LogP contribution >= 0.6 is 0 Å². The second-order valence-electron chi connectivity index (χ2n) is 4.48. The number of para-hydroxylation sites is 1. The first kappa shape index (κ1) is 12.3. The van der Waals surface area contributed by atoms with Gasteiger partial charge < -0.3 is 14.8 Å². The molecule has 0 atom stereocenters. The van der Waals surface area contributed by atoms with E-state index in [1.54, 1.807) is 6.20 Å². The third-order valence-electron chi connectivity index (χ3n) is 3.06. The van der Waals surface area contributed by atoms with Crippen LogP contribution in [-0.4, -0.2) is 16.1 Å². The van der Waals surface area contributed by atoms with E-state index < -0.39 is 5.97 Å². The molecule has 0 aliphatic heterocycles. The summed E-state index contributed by atoms with van der Waals surface area (Å²) in [4.78, 5) is 14.0. The summed E-state index contributed by atoms with van der Waals surface area (Å²) >= 11 is 0. The van der Waals surface area contributed by atoms with E-state index in [1.165, 1.54) is 0 Å². The van der Waals surface area contributed by atoms with Crippen LogP contribution in [0.2, 0.25) is 0 Å². The Morgan fingerprint density at radius 2 is 1.90 bits per heavy atom. The average molecular weight is 267 g/mol. The number of aromatic amines is 1. The Labute approximate surface area is 115 Å². The minimum absolute atomic E-state index is 0.0326. The van der Waals surface area contributed by atoms with E-state index in [2.05, 4.69) is 4.98 Å². The van der Waals surface area contributed by atoms with E-state index >= 15 is 0 Å². The SMILES string of the molecule is O=C(O)Cc1c[nH]c2cccc(Oc3ccccc3)c12. The number of aromatic nitrogens is 1. The molecule has 4 heteroatoms. The van der Waals surface area contributed by atoms with Gasteiger partial charge >= 0.3 is 5.97 Å². The zero-order valence-corrected chi connectivity index (χ0v) is 10.7. The van der Waals surface area contributed by atoms with Crippen molar-refractivity contribution < 1.29 is 14.6 Å². The highest BCUT2D eigenvalue weighted by Crippen LogP contribution is 2.32. The van der Waals surface area contributed by atoms with E-state index in [1.807, 2.05) is 48.5 Å². The largest absolute Gasteiger partial charge is 0.481 e. The predicted molar refractivity (Wildman–Crippen MR) is 76.2 cm³/mol. The van der Waals surface area contributed by atoms with Crippen LogP contribution in [0.4, 0.5) is 0 Å². The zero-order valence-electron chi connectivity index (χ0n) is 10.7. The Balaban J connectivity index is 2.05. The van der Waals surface area contributed by atoms with Crippen molar-refractivity contribution in [3.05, 3.63) is 60.3 Å². The van der Waals surface area contributed by atoms with Crippen LogP contribution in [0.1, 0.15) is 5.56 Å². The van der Waals surface area contributed by atoms with Crippen LogP contribution in [-0.2, 0) is 11.2 Å². The van der Waals surface area contributed by atoms with Crippen LogP contribution in [0.3, 0.4) is 0 Å². The Bertz CT molecular complexity index is 747. The van der Waals surface area contributed by atoms with Crippen molar-refractivity contribution in [2.75, 3.05) is 0 Å². The van der Waals surface area contributed by atoms with Crippen molar-refractivity contribution in [3.8, 4) is 11.5 Å². The third kappa shape index (κ3) is 2.36. The van der Waals surface area contributed by atoms with Crippen LogP contribution in [0.5, 0.6) is 11.5 Å². The molecule has 3 aromatic rings. The molecule has 1 heterocycles. The molecule has 2 N–H and O–H groups in total. The van der Waals surface area contributed by atoms with Gasteiger partial charge in [0.25, 0.3) is 0 Å². The normalized spacial score (nSPS) is 10.6. The molecule has 0 aliphatic carbocycles. The van der Waals surface area contributed by atoms with Crippen LogP contribution in [0.25, 0.3) is 10.9 Å². The second-order valence-corrected chi connectivity index (χ2v) is 4.48. The molecule has 20 heavy (non-hydrogen) atoms. The van der Waals surface area contributed by atoms with Gasteiger partial charge in [-0.25, -0.2) is 0 Å². The highest BCUT2D eigenvalue weighted by molar-refractivity contribution is 5.92. The lowest BCUT2D eigenvalue weighted by Gasteiger charge is -2.08. The summed E-state index contributed by atoms with van der Waals surface area (Å²) in [7, 11) is 0. The molecule has 1 aromatic heterocycles. The smallest absolute Gasteiger partial charge is 0.307 e. The summed E-state index contributed by atoms with van der Waals surface area (Å²) in [6.07, 6.45) is 1.69. The number of H-pyrrole nitrogens is 1. The number of carboxylic acid groups (broad SMARTS) is 1. The molecule has 0 radical (unpaired) electrons. The van der Waals surface area contributed by atoms with E-state index in [0.717, 1.165) is 22.2 Å². The number of hydrogen-bond donors (Lipinski definition) is 2. The fraction of sp³-hybridized carbons (Fsp3) is 0.0625. The van der Waals surface area contributed by atoms with Crippen molar-refractivity contribution in [1.29, 1.82) is 0 Å². The fourth-order valence-corrected chi connectivity index (χ4v) is 2.22. The number of carbonyl (C=O) groups is 1. The summed E-state index contributed by atoms with van der Waals surface area (Å²) < 4.78 is 5.86. The monoisotopic (exact) mass is 267 g/mol. The lowest BCUT2D eigenvalue weighted by molar-refractivity contribution is -0.136. The Morgan fingerprint density at radius 3 is 2.65 bits per heavy atom. The number of nitrogens with one attached hydrogen (secondary N) is 1. The van der Waals surface area contributed by atoms with Gasteiger partial charge in [0, 0.05) is 17.1 Å². The van der Waals surface area contributed by atoms with Crippen molar-refractivity contribution in [2.45, 2.75) is 6.42 Å². The van der Waals surface area contributed by atoms with E-state index in [9.17, 15) is 4.79 Å². The lowest BCUT2D eigenvalue weighted by Crippen LogP contribution is -1.99. The van der Waals surface area contributed by atoms with E-state index in [0.29, 0.717) is 5.75 Å². The molecule has 0 spiro atoms. The summed E-state index contributed by atoms with van der Waals surface area (Å²) in [5.74, 6) is 0.522. The predicted octanol–water partition coefficient (Wildman–Crippen LogP) is 3.59. The van der Waals surface area contributed by atoms with Gasteiger partial charge in [-0.1, -0.05) is 24.3 Å². The zero-order chi connectivity index (χ0) is 13.9. The molecular weight excluding hydrogens is 254 g/mol. The van der Waals surface area contributed by atoms with Crippen molar-refractivity contribution in [3.63, 3.8) is 0 Å². The summed E-state index contributed by atoms with van der Waals surface area (Å²) in [5.41, 5.74) is 1.59. The molecule has 0 fully saturated rings. The molecule has 2 aromatic carbocycles. The molecule has 0 bridgehead atoms. The number of fused-ring (bicyclic) bond motifs is 1. The van der Waals surface area contributed by atoms with Gasteiger partial charge in [-0.2, -0.15) is 0 Å². The molecule has 0 aliphatic rings. The number of rotatable bonds is 4. The lowest BCUT2D eigenvalue weighted by atomic mass is 10.1. The number of benzene rings is 2. The highest BCUT2D eigenvalue weighted by Gasteiger charge is 2.12. The maximum Gasteiger partial charge on any atom is 0.307 e. The molecule has 0 saturated heterocycles. The van der Waals surface area contributed by atoms with E-state index in [-0.39, 0.29) is 6.42 Å². The summed E-state index contributed by atoms with van der Waals surface area (Å²) in [5, 5.41) is 9.79. The van der Waals surface area contributed by atoms with Crippen molar-refractivity contribution in [1.82, 2.24) is 4.98 Å². The Hall–Kier alpha value is -2.75. The molecule has 3 rings (SSSR count). The topological polar surface area (TPSA) is 62.3 Å². The fourth-order valence-electron chi connectivity index (χ4n) is 2.22. The molecule has 0 saturated carbocycles. The maximum absolute atomic E-state index is 10.9. The molecule has 4 nitrogen and oxygen atoms in total. The number of carboxylic acids is 1. The highest BCUT2D eigenvalue weighted by atomic mass is 16.5.